The van der Waals surface area contributed by atoms with Gasteiger partial charge in [-0.2, -0.15) is 13.2 Å². The molecule has 236 valence electrons. The third-order valence-corrected chi connectivity index (χ3v) is 5.58. The van der Waals surface area contributed by atoms with E-state index in [1.165, 1.54) is 12.3 Å². The molecule has 3 aromatic rings. The second-order valence-electron chi connectivity index (χ2n) is 8.96. The van der Waals surface area contributed by atoms with Crippen LogP contribution in [0.5, 0.6) is 11.5 Å². The lowest BCUT2D eigenvalue weighted by Crippen LogP contribution is -2.45. The maximum absolute atomic E-state index is 13.3. The van der Waals surface area contributed by atoms with Gasteiger partial charge in [0.15, 0.2) is 11.5 Å². The van der Waals surface area contributed by atoms with Crippen molar-refractivity contribution in [3.63, 3.8) is 0 Å². The molecule has 0 aliphatic rings. The zero-order valence-electron chi connectivity index (χ0n) is 23.7. The highest BCUT2D eigenvalue weighted by Crippen LogP contribution is 2.33. The fourth-order valence-corrected chi connectivity index (χ4v) is 3.56. The predicted octanol–water partition coefficient (Wildman–Crippen LogP) is 4.45. The summed E-state index contributed by atoms with van der Waals surface area (Å²) in [4.78, 5) is 38.6. The summed E-state index contributed by atoms with van der Waals surface area (Å²) in [5.74, 6) is -2.97. The highest BCUT2D eigenvalue weighted by molar-refractivity contribution is 6.32. The molecule has 3 rings (SSSR count). The lowest BCUT2D eigenvalue weighted by Gasteiger charge is -2.22. The Labute approximate surface area is 255 Å². The molecule has 0 bridgehead atoms. The molecule has 44 heavy (non-hydrogen) atoms. The van der Waals surface area contributed by atoms with Crippen molar-refractivity contribution in [1.82, 2.24) is 15.8 Å². The third kappa shape index (κ3) is 10.7. The lowest BCUT2D eigenvalue weighted by atomic mass is 10.0. The summed E-state index contributed by atoms with van der Waals surface area (Å²) < 4.78 is 43.3. The van der Waals surface area contributed by atoms with Crippen LogP contribution in [0.15, 0.2) is 60.8 Å². The molecule has 16 heteroatoms. The Morgan fingerprint density at radius 3 is 2.23 bits per heavy atom. The number of carboxylic acids is 1. The van der Waals surface area contributed by atoms with Crippen LogP contribution in [0.25, 0.3) is 0 Å². The topological polar surface area (TPSA) is 189 Å². The lowest BCUT2D eigenvalue weighted by molar-refractivity contribution is -0.192. The standard InChI is InChI=1S/C26H29ClN6O4.C2HF3O2/c1-4-36-21-14-17(9-12-20(21)37-15(2)3)22(31-18-10-7-16(8-11-18)24(28)29)26(35)33-32-25(34)19-6-5-13-30-23(19)27;3-2(4,5)1(6)7/h5-15,22,31H,4H2,1-3H3,(H3,28,29)(H,32,34)(H,33,35);(H,6,7). The van der Waals surface area contributed by atoms with Gasteiger partial charge >= 0.3 is 12.1 Å². The highest BCUT2D eigenvalue weighted by atomic mass is 35.5. The van der Waals surface area contributed by atoms with Gasteiger partial charge in [0.05, 0.1) is 18.3 Å². The Morgan fingerprint density at radius 2 is 1.70 bits per heavy atom. The number of hydrogen-bond donors (Lipinski definition) is 6. The minimum absolute atomic E-state index is 0.0107. The second-order valence-corrected chi connectivity index (χ2v) is 9.32. The first-order chi connectivity index (χ1) is 20.6. The highest BCUT2D eigenvalue weighted by Gasteiger charge is 2.38. The Hall–Kier alpha value is -5.05. The zero-order chi connectivity index (χ0) is 33.0. The SMILES string of the molecule is CCOc1cc(C(Nc2ccc(C(=N)N)cc2)C(=O)NNC(=O)c2cccnc2Cl)ccc1OC(C)C.O=C(O)C(F)(F)F. The maximum atomic E-state index is 13.3. The molecule has 2 amide bonds. The minimum Gasteiger partial charge on any atom is -0.490 e. The summed E-state index contributed by atoms with van der Waals surface area (Å²) in [7, 11) is 0. The van der Waals surface area contributed by atoms with E-state index < -0.39 is 30.0 Å². The fraction of sp³-hybridized carbons (Fsp3) is 0.250. The van der Waals surface area contributed by atoms with Crippen LogP contribution in [0.4, 0.5) is 18.9 Å². The van der Waals surface area contributed by atoms with Crippen LogP contribution in [-0.4, -0.2) is 52.6 Å². The van der Waals surface area contributed by atoms with E-state index in [0.29, 0.717) is 34.9 Å². The van der Waals surface area contributed by atoms with Crippen LogP contribution in [0.3, 0.4) is 0 Å². The van der Waals surface area contributed by atoms with Crippen molar-refractivity contribution >= 4 is 40.9 Å². The van der Waals surface area contributed by atoms with E-state index in [0.717, 1.165) is 0 Å². The number of nitrogens with zero attached hydrogens (tertiary/aromatic N) is 1. The van der Waals surface area contributed by atoms with Crippen molar-refractivity contribution in [3.05, 3.63) is 82.6 Å². The van der Waals surface area contributed by atoms with Gasteiger partial charge in [-0.05, 0) is 74.9 Å². The fourth-order valence-electron chi connectivity index (χ4n) is 3.35. The van der Waals surface area contributed by atoms with Crippen LogP contribution < -0.4 is 31.4 Å². The molecule has 1 heterocycles. The minimum atomic E-state index is -5.08. The first-order valence-electron chi connectivity index (χ1n) is 12.8. The van der Waals surface area contributed by atoms with E-state index >= 15 is 0 Å². The number of alkyl halides is 3. The number of halogens is 4. The molecule has 2 aromatic carbocycles. The molecular formula is C28H30ClF3N6O6. The summed E-state index contributed by atoms with van der Waals surface area (Å²) in [5.41, 5.74) is 12.2. The van der Waals surface area contributed by atoms with Gasteiger partial charge in [-0.1, -0.05) is 17.7 Å². The largest absolute Gasteiger partial charge is 0.490 e. The number of carboxylic acid groups (broad SMARTS) is 1. The number of aliphatic carboxylic acids is 1. The van der Waals surface area contributed by atoms with Gasteiger partial charge < -0.3 is 25.6 Å². The smallest absolute Gasteiger partial charge is 0.490 e. The molecule has 0 radical (unpaired) electrons. The Morgan fingerprint density at radius 1 is 1.07 bits per heavy atom. The number of nitrogen functional groups attached to an aromatic ring is 1. The first-order valence-corrected chi connectivity index (χ1v) is 13.2. The van der Waals surface area contributed by atoms with Gasteiger partial charge in [0.25, 0.3) is 11.8 Å². The molecule has 0 aliphatic carbocycles. The Balaban J connectivity index is 0.000000860. The van der Waals surface area contributed by atoms with Gasteiger partial charge in [0.1, 0.15) is 17.0 Å². The van der Waals surface area contributed by atoms with Crippen molar-refractivity contribution < 1.29 is 42.1 Å². The van der Waals surface area contributed by atoms with Crippen molar-refractivity contribution in [2.24, 2.45) is 5.73 Å². The van der Waals surface area contributed by atoms with Crippen molar-refractivity contribution in [1.29, 1.82) is 5.41 Å². The van der Waals surface area contributed by atoms with Crippen molar-refractivity contribution in [2.75, 3.05) is 11.9 Å². The summed E-state index contributed by atoms with van der Waals surface area (Å²) in [5, 5.41) is 17.9. The van der Waals surface area contributed by atoms with Crippen LogP contribution in [0.1, 0.15) is 48.3 Å². The van der Waals surface area contributed by atoms with Gasteiger partial charge in [-0.15, -0.1) is 0 Å². The van der Waals surface area contributed by atoms with Crippen LogP contribution >= 0.6 is 11.6 Å². The number of ether oxygens (including phenoxy) is 2. The molecule has 1 atom stereocenters. The van der Waals surface area contributed by atoms with Gasteiger partial charge in [-0.25, -0.2) is 9.78 Å². The van der Waals surface area contributed by atoms with E-state index in [9.17, 15) is 22.8 Å². The van der Waals surface area contributed by atoms with E-state index in [2.05, 4.69) is 21.2 Å². The molecule has 0 spiro atoms. The number of nitrogens with one attached hydrogen (secondary N) is 4. The van der Waals surface area contributed by atoms with E-state index in [1.54, 1.807) is 48.5 Å². The van der Waals surface area contributed by atoms with Crippen LogP contribution in [0.2, 0.25) is 5.15 Å². The quantitative estimate of drug-likeness (QED) is 0.0806. The summed E-state index contributed by atoms with van der Waals surface area (Å²) in [6.45, 7) is 6.06. The molecule has 0 fully saturated rings. The summed E-state index contributed by atoms with van der Waals surface area (Å²) in [6.07, 6.45) is -3.70. The van der Waals surface area contributed by atoms with E-state index in [4.69, 9.17) is 42.1 Å². The molecule has 0 saturated heterocycles. The van der Waals surface area contributed by atoms with E-state index in [-0.39, 0.29) is 22.7 Å². The average Bonchev–Trinajstić information content (AvgIpc) is 2.95. The number of nitrogens with two attached hydrogens (primary N) is 1. The number of pyridine rings is 1. The van der Waals surface area contributed by atoms with Gasteiger partial charge in [0.2, 0.25) is 0 Å². The Bertz CT molecular complexity index is 1470. The predicted molar refractivity (Wildman–Crippen MR) is 156 cm³/mol. The first kappa shape index (κ1) is 35.1. The number of hydrazine groups is 1. The number of carbonyl (C=O) groups is 3. The second kappa shape index (κ2) is 16.0. The van der Waals surface area contributed by atoms with E-state index in [1.807, 2.05) is 20.8 Å². The number of carbonyl (C=O) groups excluding carboxylic acids is 2. The van der Waals surface area contributed by atoms with Gasteiger partial charge in [0, 0.05) is 17.4 Å². The van der Waals surface area contributed by atoms with Crippen molar-refractivity contribution in [2.45, 2.75) is 39.1 Å². The van der Waals surface area contributed by atoms with Crippen LogP contribution in [0, 0.1) is 5.41 Å². The number of aromatic nitrogens is 1. The molecule has 0 saturated carbocycles. The summed E-state index contributed by atoms with van der Waals surface area (Å²) in [6, 6.07) is 14.0. The number of amidine groups is 1. The Kier molecular flexibility index (Phi) is 12.8. The zero-order valence-corrected chi connectivity index (χ0v) is 24.4. The number of benzene rings is 2. The number of anilines is 1. The van der Waals surface area contributed by atoms with Crippen LogP contribution in [-0.2, 0) is 9.59 Å². The molecule has 0 aliphatic heterocycles. The average molecular weight is 639 g/mol. The molecule has 7 N–H and O–H groups in total. The molecule has 1 unspecified atom stereocenters. The van der Waals surface area contributed by atoms with Gasteiger partial charge in [-0.3, -0.25) is 25.8 Å². The molecule has 12 nitrogen and oxygen atoms in total. The number of rotatable bonds is 10. The monoisotopic (exact) mass is 638 g/mol. The van der Waals surface area contributed by atoms with Crippen molar-refractivity contribution in [3.8, 4) is 11.5 Å². The number of amides is 2. The summed E-state index contributed by atoms with van der Waals surface area (Å²) >= 11 is 5.99. The third-order valence-electron chi connectivity index (χ3n) is 5.28. The normalized spacial score (nSPS) is 11.4. The number of hydrogen-bond acceptors (Lipinski definition) is 8. The molecular weight excluding hydrogens is 609 g/mol. The molecule has 1 aromatic heterocycles. The maximum Gasteiger partial charge on any atom is 0.490 e.